The first-order chi connectivity index (χ1) is 15.4. The highest BCUT2D eigenvalue weighted by molar-refractivity contribution is 7.91. The zero-order chi connectivity index (χ0) is 22.7. The third-order valence-electron chi connectivity index (χ3n) is 5.95. The van der Waals surface area contributed by atoms with Crippen molar-refractivity contribution in [2.75, 3.05) is 24.6 Å². The molecule has 3 aromatic rings. The summed E-state index contributed by atoms with van der Waals surface area (Å²) in [6, 6.07) is 13.4. The minimum Gasteiger partial charge on any atom is -0.337 e. The van der Waals surface area contributed by atoms with Crippen LogP contribution in [0.2, 0.25) is 0 Å². The minimum absolute atomic E-state index is 0.0563. The van der Waals surface area contributed by atoms with Gasteiger partial charge in [0.05, 0.1) is 23.2 Å². The Morgan fingerprint density at radius 3 is 2.50 bits per heavy atom. The fourth-order valence-corrected chi connectivity index (χ4v) is 5.76. The minimum atomic E-state index is -3.08. The third kappa shape index (κ3) is 4.91. The summed E-state index contributed by atoms with van der Waals surface area (Å²) in [4.78, 5) is 19.1. The van der Waals surface area contributed by atoms with Gasteiger partial charge in [-0.1, -0.05) is 29.8 Å². The van der Waals surface area contributed by atoms with Gasteiger partial charge in [0.25, 0.3) is 5.91 Å². The average molecular weight is 453 g/mol. The molecular formula is C24H28N4O3S. The number of benzene rings is 1. The molecule has 0 N–H and O–H groups in total. The summed E-state index contributed by atoms with van der Waals surface area (Å²) >= 11 is 0. The quantitative estimate of drug-likeness (QED) is 0.549. The van der Waals surface area contributed by atoms with Gasteiger partial charge in [-0.15, -0.1) is 0 Å². The van der Waals surface area contributed by atoms with Gasteiger partial charge in [-0.2, -0.15) is 5.10 Å². The van der Waals surface area contributed by atoms with Crippen molar-refractivity contribution in [1.29, 1.82) is 0 Å². The summed E-state index contributed by atoms with van der Waals surface area (Å²) in [5.41, 5.74) is 4.30. The fraction of sp³-hybridized carbons (Fsp3) is 0.375. The molecule has 0 saturated carbocycles. The summed E-state index contributed by atoms with van der Waals surface area (Å²) < 4.78 is 26.0. The highest BCUT2D eigenvalue weighted by Crippen LogP contribution is 2.30. The van der Waals surface area contributed by atoms with Gasteiger partial charge in [0.15, 0.2) is 15.5 Å². The maximum absolute atomic E-state index is 13.3. The number of aromatic nitrogens is 3. The maximum Gasteiger partial charge on any atom is 0.274 e. The normalized spacial score (nSPS) is 17.4. The van der Waals surface area contributed by atoms with Crippen LogP contribution in [0.25, 0.3) is 11.3 Å². The highest BCUT2D eigenvalue weighted by atomic mass is 32.2. The summed E-state index contributed by atoms with van der Waals surface area (Å²) in [5.74, 6) is 0.0662. The number of nitrogens with zero attached hydrogens (tertiary/aromatic N) is 4. The highest BCUT2D eigenvalue weighted by Gasteiger charge is 2.32. The molecule has 1 atom stereocenters. The Kier molecular flexibility index (Phi) is 6.41. The molecule has 0 spiro atoms. The molecule has 1 aliphatic heterocycles. The summed E-state index contributed by atoms with van der Waals surface area (Å²) in [7, 11) is -3.08. The van der Waals surface area contributed by atoms with Crippen molar-refractivity contribution in [3.8, 4) is 11.3 Å². The van der Waals surface area contributed by atoms with Gasteiger partial charge in [-0.3, -0.25) is 14.5 Å². The largest absolute Gasteiger partial charge is 0.337 e. The standard InChI is InChI=1S/C24H28N4O3S/c1-3-27(14-10-19-8-12-25-13-9-19)24(29)22-16-23(20-6-4-18(2)5-7-20)28(26-22)21-11-15-32(30,31)17-21/h4-9,12-13,16,21H,3,10-11,14-15,17H2,1-2H3/t21-/m1/s1. The van der Waals surface area contributed by atoms with Gasteiger partial charge in [-0.25, -0.2) is 8.42 Å². The van der Waals surface area contributed by atoms with Crippen LogP contribution in [0.5, 0.6) is 0 Å². The van der Waals surface area contributed by atoms with E-state index in [0.717, 1.165) is 28.8 Å². The van der Waals surface area contributed by atoms with Crippen molar-refractivity contribution in [2.24, 2.45) is 0 Å². The molecule has 1 aromatic carbocycles. The number of amides is 1. The molecule has 32 heavy (non-hydrogen) atoms. The first-order valence-corrected chi connectivity index (χ1v) is 12.7. The first kappa shape index (κ1) is 22.2. The Morgan fingerprint density at radius 2 is 1.88 bits per heavy atom. The van der Waals surface area contributed by atoms with E-state index in [1.807, 2.05) is 50.2 Å². The van der Waals surface area contributed by atoms with Crippen LogP contribution in [0, 0.1) is 6.92 Å². The zero-order valence-corrected chi connectivity index (χ0v) is 19.3. The Balaban J connectivity index is 1.63. The lowest BCUT2D eigenvalue weighted by Crippen LogP contribution is -2.33. The van der Waals surface area contributed by atoms with Crippen LogP contribution in [-0.4, -0.2) is 58.6 Å². The number of sulfone groups is 1. The van der Waals surface area contributed by atoms with E-state index < -0.39 is 9.84 Å². The number of pyridine rings is 1. The van der Waals surface area contributed by atoms with Gasteiger partial charge >= 0.3 is 0 Å². The van der Waals surface area contributed by atoms with Crippen LogP contribution in [0.1, 0.15) is 41.0 Å². The second-order valence-corrected chi connectivity index (χ2v) is 10.5. The number of likely N-dealkylation sites (N-methyl/N-ethyl adjacent to an activating group) is 1. The molecule has 1 amide bonds. The summed E-state index contributed by atoms with van der Waals surface area (Å²) in [6.07, 6.45) is 4.74. The first-order valence-electron chi connectivity index (χ1n) is 10.9. The second kappa shape index (κ2) is 9.24. The van der Waals surface area contributed by atoms with Crippen LogP contribution < -0.4 is 0 Å². The van der Waals surface area contributed by atoms with Gasteiger partial charge in [0, 0.05) is 25.5 Å². The van der Waals surface area contributed by atoms with E-state index in [2.05, 4.69) is 10.1 Å². The van der Waals surface area contributed by atoms with Gasteiger partial charge in [-0.05, 0) is 56.0 Å². The predicted molar refractivity (Wildman–Crippen MR) is 124 cm³/mol. The molecule has 2 aromatic heterocycles. The SMILES string of the molecule is CCN(CCc1ccncc1)C(=O)c1cc(-c2ccc(C)cc2)n([C@@H]2CCS(=O)(=O)C2)n1. The van der Waals surface area contributed by atoms with E-state index in [1.54, 1.807) is 28.0 Å². The van der Waals surface area contributed by atoms with Crippen LogP contribution in [-0.2, 0) is 16.3 Å². The van der Waals surface area contributed by atoms with Crippen molar-refractivity contribution in [3.05, 3.63) is 71.7 Å². The van der Waals surface area contributed by atoms with E-state index >= 15 is 0 Å². The molecule has 8 heteroatoms. The lowest BCUT2D eigenvalue weighted by atomic mass is 10.1. The molecule has 168 valence electrons. The smallest absolute Gasteiger partial charge is 0.274 e. The van der Waals surface area contributed by atoms with Crippen molar-refractivity contribution in [1.82, 2.24) is 19.7 Å². The van der Waals surface area contributed by atoms with E-state index in [-0.39, 0.29) is 23.5 Å². The third-order valence-corrected chi connectivity index (χ3v) is 7.70. The molecule has 7 nitrogen and oxygen atoms in total. The van der Waals surface area contributed by atoms with Crippen molar-refractivity contribution >= 4 is 15.7 Å². The van der Waals surface area contributed by atoms with Crippen LogP contribution >= 0.6 is 0 Å². The van der Waals surface area contributed by atoms with E-state index in [0.29, 0.717) is 25.2 Å². The van der Waals surface area contributed by atoms with Gasteiger partial charge in [0.1, 0.15) is 0 Å². The molecule has 0 unspecified atom stereocenters. The van der Waals surface area contributed by atoms with E-state index in [4.69, 9.17) is 0 Å². The molecular weight excluding hydrogens is 424 g/mol. The van der Waals surface area contributed by atoms with Gasteiger partial charge < -0.3 is 4.90 Å². The number of aryl methyl sites for hydroxylation is 1. The van der Waals surface area contributed by atoms with Crippen LogP contribution in [0.3, 0.4) is 0 Å². The number of rotatable bonds is 7. The summed E-state index contributed by atoms with van der Waals surface area (Å²) in [6.45, 7) is 5.10. The fourth-order valence-electron chi connectivity index (χ4n) is 4.06. The van der Waals surface area contributed by atoms with Crippen molar-refractivity contribution in [2.45, 2.75) is 32.7 Å². The molecule has 4 rings (SSSR count). The lowest BCUT2D eigenvalue weighted by Gasteiger charge is -2.19. The Morgan fingerprint density at radius 1 is 1.16 bits per heavy atom. The second-order valence-electron chi connectivity index (χ2n) is 8.27. The predicted octanol–water partition coefficient (Wildman–Crippen LogP) is 3.32. The van der Waals surface area contributed by atoms with Crippen LogP contribution in [0.15, 0.2) is 54.9 Å². The maximum atomic E-state index is 13.3. The summed E-state index contributed by atoms with van der Waals surface area (Å²) in [5, 5.41) is 4.63. The lowest BCUT2D eigenvalue weighted by molar-refractivity contribution is 0.0759. The van der Waals surface area contributed by atoms with Crippen molar-refractivity contribution in [3.63, 3.8) is 0 Å². The number of carbonyl (C=O) groups excluding carboxylic acids is 1. The Bertz CT molecular complexity index is 1190. The Labute approximate surface area is 189 Å². The topological polar surface area (TPSA) is 85.2 Å². The average Bonchev–Trinajstić information content (AvgIpc) is 3.38. The van der Waals surface area contributed by atoms with E-state index in [1.165, 1.54) is 0 Å². The zero-order valence-electron chi connectivity index (χ0n) is 18.4. The molecule has 1 fully saturated rings. The Hall–Kier alpha value is -3.00. The molecule has 0 radical (unpaired) electrons. The van der Waals surface area contributed by atoms with Crippen molar-refractivity contribution < 1.29 is 13.2 Å². The molecule has 1 aliphatic rings. The van der Waals surface area contributed by atoms with E-state index in [9.17, 15) is 13.2 Å². The number of hydrogen-bond donors (Lipinski definition) is 0. The number of hydrogen-bond acceptors (Lipinski definition) is 5. The van der Waals surface area contributed by atoms with Crippen LogP contribution in [0.4, 0.5) is 0 Å². The molecule has 0 bridgehead atoms. The number of carbonyl (C=O) groups is 1. The molecule has 0 aliphatic carbocycles. The molecule has 3 heterocycles. The monoisotopic (exact) mass is 452 g/mol. The van der Waals surface area contributed by atoms with Gasteiger partial charge in [0.2, 0.25) is 0 Å². The molecule has 1 saturated heterocycles.